The second-order valence-corrected chi connectivity index (χ2v) is 7.53. The van der Waals surface area contributed by atoms with Crippen LogP contribution < -0.4 is 5.73 Å². The van der Waals surface area contributed by atoms with Gasteiger partial charge in [0.2, 0.25) is 0 Å². The molecule has 0 bridgehead atoms. The summed E-state index contributed by atoms with van der Waals surface area (Å²) >= 11 is 3.92. The van der Waals surface area contributed by atoms with E-state index < -0.39 is 0 Å². The molecular formula is C14H19N3S2. The van der Waals surface area contributed by atoms with Crippen molar-refractivity contribution in [3.8, 4) is 10.6 Å². The van der Waals surface area contributed by atoms with Gasteiger partial charge in [-0.3, -0.25) is 4.68 Å². The molecule has 0 radical (unpaired) electrons. The van der Waals surface area contributed by atoms with Crippen molar-refractivity contribution in [2.45, 2.75) is 31.9 Å². The third kappa shape index (κ3) is 2.19. The molecule has 0 fully saturated rings. The number of aromatic nitrogens is 2. The average molecular weight is 293 g/mol. The molecule has 0 atom stereocenters. The fraction of sp³-hybridized carbons (Fsp3) is 0.500. The number of rotatable bonds is 2. The summed E-state index contributed by atoms with van der Waals surface area (Å²) < 4.78 is 1.80. The van der Waals surface area contributed by atoms with E-state index in [2.05, 4.69) is 25.0 Å². The number of fused-ring (bicyclic) bond motifs is 1. The number of hydrogen-bond donors (Lipinski definition) is 1. The normalized spacial score (nSPS) is 14.9. The van der Waals surface area contributed by atoms with Crippen LogP contribution in [0.2, 0.25) is 0 Å². The van der Waals surface area contributed by atoms with Gasteiger partial charge >= 0.3 is 0 Å². The first-order valence-corrected chi connectivity index (χ1v) is 8.57. The minimum atomic E-state index is 0.400. The molecule has 3 heterocycles. The number of hydrogen-bond acceptors (Lipinski definition) is 4. The molecule has 1 aliphatic heterocycles. The summed E-state index contributed by atoms with van der Waals surface area (Å²) in [6.45, 7) is 4.36. The Kier molecular flexibility index (Phi) is 3.35. The molecular weight excluding hydrogens is 274 g/mol. The van der Waals surface area contributed by atoms with Gasteiger partial charge in [0.25, 0.3) is 0 Å². The summed E-state index contributed by atoms with van der Waals surface area (Å²) in [7, 11) is 1.92. The van der Waals surface area contributed by atoms with Crippen molar-refractivity contribution in [3.63, 3.8) is 0 Å². The maximum Gasteiger partial charge on any atom is 0.125 e. The molecule has 5 heteroatoms. The summed E-state index contributed by atoms with van der Waals surface area (Å²) in [5.41, 5.74) is 9.93. The molecule has 2 N–H and O–H groups in total. The first-order valence-electron chi connectivity index (χ1n) is 6.60. The van der Waals surface area contributed by atoms with E-state index in [1.165, 1.54) is 33.1 Å². The fourth-order valence-corrected chi connectivity index (χ4v) is 4.94. The van der Waals surface area contributed by atoms with E-state index in [1.54, 1.807) is 4.68 Å². The zero-order chi connectivity index (χ0) is 13.6. The van der Waals surface area contributed by atoms with Crippen LogP contribution in [0.4, 0.5) is 5.82 Å². The van der Waals surface area contributed by atoms with Gasteiger partial charge < -0.3 is 5.73 Å². The number of aryl methyl sites for hydroxylation is 2. The average Bonchev–Trinajstić information content (AvgIpc) is 2.91. The van der Waals surface area contributed by atoms with Crippen molar-refractivity contribution in [1.29, 1.82) is 0 Å². The lowest BCUT2D eigenvalue weighted by atomic mass is 10.0. The highest BCUT2D eigenvalue weighted by Crippen LogP contribution is 2.40. The van der Waals surface area contributed by atoms with Crippen molar-refractivity contribution in [1.82, 2.24) is 9.78 Å². The Hall–Kier alpha value is -0.940. The van der Waals surface area contributed by atoms with Crippen LogP contribution >= 0.6 is 23.1 Å². The minimum Gasteiger partial charge on any atom is -0.384 e. The predicted molar refractivity (Wildman–Crippen MR) is 84.9 cm³/mol. The van der Waals surface area contributed by atoms with Gasteiger partial charge in [-0.1, -0.05) is 13.8 Å². The molecule has 0 amide bonds. The fourth-order valence-electron chi connectivity index (χ4n) is 2.57. The minimum absolute atomic E-state index is 0.400. The van der Waals surface area contributed by atoms with E-state index in [9.17, 15) is 0 Å². The highest BCUT2D eigenvalue weighted by Gasteiger charge is 2.22. The second kappa shape index (κ2) is 4.87. The highest BCUT2D eigenvalue weighted by atomic mass is 32.2. The van der Waals surface area contributed by atoms with Crippen molar-refractivity contribution in [3.05, 3.63) is 22.1 Å². The van der Waals surface area contributed by atoms with Crippen LogP contribution in [0.3, 0.4) is 0 Å². The summed E-state index contributed by atoms with van der Waals surface area (Å²) in [6.07, 6.45) is 1.20. The zero-order valence-electron chi connectivity index (χ0n) is 11.6. The number of thiophene rings is 1. The molecule has 1 aliphatic rings. The molecule has 0 spiro atoms. The molecule has 3 rings (SSSR count). The largest absolute Gasteiger partial charge is 0.384 e. The van der Waals surface area contributed by atoms with Gasteiger partial charge in [-0.15, -0.1) is 11.3 Å². The Morgan fingerprint density at radius 1 is 1.42 bits per heavy atom. The van der Waals surface area contributed by atoms with Gasteiger partial charge in [0, 0.05) is 23.2 Å². The number of thioether (sulfide) groups is 1. The quantitative estimate of drug-likeness (QED) is 0.919. The standard InChI is InChI=1S/C14H19N3S2/c1-8(2)12-13(16-17(3)14(12)15)11-6-9-7-18-5-4-10(9)19-11/h6,8H,4-5,7,15H2,1-3H3. The number of nitrogen functional groups attached to an aromatic ring is 1. The van der Waals surface area contributed by atoms with E-state index in [-0.39, 0.29) is 0 Å². The molecule has 3 nitrogen and oxygen atoms in total. The maximum absolute atomic E-state index is 6.16. The lowest BCUT2D eigenvalue weighted by molar-refractivity contribution is 0.780. The molecule has 0 saturated heterocycles. The van der Waals surface area contributed by atoms with Crippen LogP contribution in [0.5, 0.6) is 0 Å². The Balaban J connectivity index is 2.11. The van der Waals surface area contributed by atoms with Gasteiger partial charge in [-0.2, -0.15) is 16.9 Å². The first-order chi connectivity index (χ1) is 9.08. The molecule has 0 aliphatic carbocycles. The SMILES string of the molecule is CC(C)c1c(-c2cc3c(s2)CCSC3)nn(C)c1N. The van der Waals surface area contributed by atoms with E-state index in [1.807, 2.05) is 30.1 Å². The van der Waals surface area contributed by atoms with Gasteiger partial charge in [0.05, 0.1) is 4.88 Å². The van der Waals surface area contributed by atoms with Crippen molar-refractivity contribution in [2.24, 2.45) is 7.05 Å². The third-order valence-electron chi connectivity index (χ3n) is 3.57. The Bertz CT molecular complexity index is 587. The molecule has 19 heavy (non-hydrogen) atoms. The summed E-state index contributed by atoms with van der Waals surface area (Å²) in [5.74, 6) is 3.59. The van der Waals surface area contributed by atoms with Gasteiger partial charge in [-0.05, 0) is 29.7 Å². The number of anilines is 1. The van der Waals surface area contributed by atoms with Crippen LogP contribution in [-0.4, -0.2) is 15.5 Å². The van der Waals surface area contributed by atoms with Gasteiger partial charge in [-0.25, -0.2) is 0 Å². The van der Waals surface area contributed by atoms with Crippen LogP contribution in [0, 0.1) is 0 Å². The van der Waals surface area contributed by atoms with Gasteiger partial charge in [0.1, 0.15) is 11.5 Å². The van der Waals surface area contributed by atoms with Crippen LogP contribution in [-0.2, 0) is 19.2 Å². The summed E-state index contributed by atoms with van der Waals surface area (Å²) in [6, 6.07) is 2.32. The van der Waals surface area contributed by atoms with E-state index in [4.69, 9.17) is 5.73 Å². The van der Waals surface area contributed by atoms with Crippen LogP contribution in [0.25, 0.3) is 10.6 Å². The maximum atomic E-state index is 6.16. The lowest BCUT2D eigenvalue weighted by Gasteiger charge is -2.08. The Morgan fingerprint density at radius 2 is 2.21 bits per heavy atom. The van der Waals surface area contributed by atoms with E-state index in [0.29, 0.717) is 5.92 Å². The molecule has 2 aromatic rings. The Morgan fingerprint density at radius 3 is 2.89 bits per heavy atom. The van der Waals surface area contributed by atoms with E-state index >= 15 is 0 Å². The monoisotopic (exact) mass is 293 g/mol. The highest BCUT2D eigenvalue weighted by molar-refractivity contribution is 7.98. The van der Waals surface area contributed by atoms with Crippen molar-refractivity contribution in [2.75, 3.05) is 11.5 Å². The molecule has 0 saturated carbocycles. The second-order valence-electron chi connectivity index (χ2n) is 5.29. The molecule has 2 aromatic heterocycles. The molecule has 0 unspecified atom stereocenters. The van der Waals surface area contributed by atoms with Crippen LogP contribution in [0.1, 0.15) is 35.8 Å². The smallest absolute Gasteiger partial charge is 0.125 e. The lowest BCUT2D eigenvalue weighted by Crippen LogP contribution is -2.00. The van der Waals surface area contributed by atoms with E-state index in [0.717, 1.165) is 17.3 Å². The summed E-state index contributed by atoms with van der Waals surface area (Å²) in [5, 5.41) is 4.64. The first kappa shape index (κ1) is 13.1. The van der Waals surface area contributed by atoms with Crippen molar-refractivity contribution >= 4 is 28.9 Å². The number of nitrogens with two attached hydrogens (primary N) is 1. The zero-order valence-corrected chi connectivity index (χ0v) is 13.2. The van der Waals surface area contributed by atoms with Crippen molar-refractivity contribution < 1.29 is 0 Å². The molecule has 102 valence electrons. The molecule has 0 aromatic carbocycles. The Labute approximate surface area is 122 Å². The summed E-state index contributed by atoms with van der Waals surface area (Å²) in [4.78, 5) is 2.82. The van der Waals surface area contributed by atoms with Gasteiger partial charge in [0.15, 0.2) is 0 Å². The predicted octanol–water partition coefficient (Wildman–Crippen LogP) is 3.64. The topological polar surface area (TPSA) is 43.8 Å². The van der Waals surface area contributed by atoms with Crippen LogP contribution in [0.15, 0.2) is 6.07 Å². The third-order valence-corrected chi connectivity index (χ3v) is 5.82. The number of nitrogens with zero attached hydrogens (tertiary/aromatic N) is 2.